The van der Waals surface area contributed by atoms with Crippen molar-refractivity contribution >= 4 is 33.5 Å². The van der Waals surface area contributed by atoms with Crippen LogP contribution in [0.4, 0.5) is 5.69 Å². The van der Waals surface area contributed by atoms with Gasteiger partial charge in [0.1, 0.15) is 5.69 Å². The molecule has 0 bridgehead atoms. The topological polar surface area (TPSA) is 71.2 Å². The van der Waals surface area contributed by atoms with E-state index in [1.54, 1.807) is 24.4 Å². The number of ether oxygens (including phenoxy) is 1. The van der Waals surface area contributed by atoms with Crippen LogP contribution in [-0.2, 0) is 9.53 Å². The van der Waals surface area contributed by atoms with Crippen molar-refractivity contribution in [2.75, 3.05) is 5.32 Å². The van der Waals surface area contributed by atoms with Crippen molar-refractivity contribution in [1.82, 2.24) is 4.98 Å². The molecule has 21 heavy (non-hydrogen) atoms. The Hall–Kier alpha value is -2.08. The summed E-state index contributed by atoms with van der Waals surface area (Å²) in [6, 6.07) is 8.96. The van der Waals surface area contributed by atoms with E-state index in [1.807, 2.05) is 19.1 Å². The second-order valence-corrected chi connectivity index (χ2v) is 5.55. The van der Waals surface area contributed by atoms with Gasteiger partial charge in [-0.3, -0.25) is 4.79 Å². The quantitative estimate of drug-likeness (QED) is 0.831. The molecule has 5 nitrogen and oxygen atoms in total. The van der Waals surface area contributed by atoms with Gasteiger partial charge >= 0.3 is 5.97 Å². The number of H-pyrrole nitrogens is 1. The number of hydrogen-bond acceptors (Lipinski definition) is 3. The molecule has 110 valence electrons. The Kier molecular flexibility index (Phi) is 4.80. The minimum atomic E-state index is -0.888. The summed E-state index contributed by atoms with van der Waals surface area (Å²) < 4.78 is 5.85. The largest absolute Gasteiger partial charge is 0.448 e. The van der Waals surface area contributed by atoms with Gasteiger partial charge in [-0.2, -0.15) is 0 Å². The van der Waals surface area contributed by atoms with Crippen LogP contribution in [0.15, 0.2) is 41.0 Å². The molecule has 2 aromatic rings. The molecule has 1 unspecified atom stereocenters. The zero-order chi connectivity index (χ0) is 15.4. The number of carbonyl (C=O) groups is 2. The maximum absolute atomic E-state index is 12.0. The minimum absolute atomic E-state index is 0.289. The summed E-state index contributed by atoms with van der Waals surface area (Å²) in [6.45, 7) is 3.49. The lowest BCUT2D eigenvalue weighted by atomic mass is 10.2. The van der Waals surface area contributed by atoms with Crippen LogP contribution in [0, 0.1) is 6.92 Å². The number of halogens is 1. The third kappa shape index (κ3) is 4.19. The standard InChI is InChI=1S/C15H15BrN2O3/c1-9-3-5-12(6-4-9)18-14(19)10(2)21-15(20)13-7-11(16)8-17-13/h3-8,10,17H,1-2H3,(H,18,19). The number of amides is 1. The Morgan fingerprint density at radius 2 is 1.95 bits per heavy atom. The third-order valence-corrected chi connectivity index (χ3v) is 3.30. The molecule has 1 atom stereocenters. The molecule has 0 spiro atoms. The number of hydrogen-bond donors (Lipinski definition) is 2. The van der Waals surface area contributed by atoms with E-state index in [0.29, 0.717) is 5.69 Å². The number of benzene rings is 1. The monoisotopic (exact) mass is 350 g/mol. The van der Waals surface area contributed by atoms with Gasteiger partial charge in [-0.25, -0.2) is 4.79 Å². The fourth-order valence-electron chi connectivity index (χ4n) is 1.64. The van der Waals surface area contributed by atoms with Gasteiger partial charge in [0.25, 0.3) is 5.91 Å². The predicted molar refractivity (Wildman–Crippen MR) is 83.2 cm³/mol. The molecule has 0 aliphatic rings. The normalized spacial score (nSPS) is 11.8. The van der Waals surface area contributed by atoms with Crippen molar-refractivity contribution in [2.24, 2.45) is 0 Å². The first-order valence-electron chi connectivity index (χ1n) is 6.38. The number of rotatable bonds is 4. The van der Waals surface area contributed by atoms with E-state index in [0.717, 1.165) is 10.0 Å². The van der Waals surface area contributed by atoms with Crippen LogP contribution in [-0.4, -0.2) is 23.0 Å². The summed E-state index contributed by atoms with van der Waals surface area (Å²) in [5.41, 5.74) is 2.05. The minimum Gasteiger partial charge on any atom is -0.448 e. The molecule has 1 aromatic carbocycles. The van der Waals surface area contributed by atoms with E-state index in [1.165, 1.54) is 6.92 Å². The van der Waals surface area contributed by atoms with E-state index in [-0.39, 0.29) is 11.6 Å². The molecule has 0 fully saturated rings. The van der Waals surface area contributed by atoms with Crippen molar-refractivity contribution in [3.05, 3.63) is 52.3 Å². The van der Waals surface area contributed by atoms with Gasteiger partial charge < -0.3 is 15.0 Å². The molecule has 0 aliphatic carbocycles. The molecule has 0 aliphatic heterocycles. The van der Waals surface area contributed by atoms with Gasteiger partial charge in [0.05, 0.1) is 0 Å². The Bertz CT molecular complexity index is 649. The Labute approximate surface area is 130 Å². The van der Waals surface area contributed by atoms with Gasteiger partial charge in [0, 0.05) is 16.4 Å². The number of aryl methyl sites for hydroxylation is 1. The van der Waals surface area contributed by atoms with Crippen LogP contribution >= 0.6 is 15.9 Å². The van der Waals surface area contributed by atoms with Crippen LogP contribution in [0.1, 0.15) is 23.0 Å². The highest BCUT2D eigenvalue weighted by atomic mass is 79.9. The fourth-order valence-corrected chi connectivity index (χ4v) is 1.99. The van der Waals surface area contributed by atoms with Gasteiger partial charge in [-0.15, -0.1) is 0 Å². The zero-order valence-corrected chi connectivity index (χ0v) is 13.2. The van der Waals surface area contributed by atoms with Crippen LogP contribution in [0.3, 0.4) is 0 Å². The molecule has 0 saturated heterocycles. The Morgan fingerprint density at radius 1 is 1.29 bits per heavy atom. The van der Waals surface area contributed by atoms with Gasteiger partial charge in [-0.05, 0) is 48.0 Å². The van der Waals surface area contributed by atoms with E-state index in [9.17, 15) is 9.59 Å². The summed E-state index contributed by atoms with van der Waals surface area (Å²) in [6.07, 6.45) is 0.731. The predicted octanol–water partition coefficient (Wildman–Crippen LogP) is 3.27. The van der Waals surface area contributed by atoms with Crippen LogP contribution < -0.4 is 5.32 Å². The fraction of sp³-hybridized carbons (Fsp3) is 0.200. The zero-order valence-electron chi connectivity index (χ0n) is 11.6. The SMILES string of the molecule is Cc1ccc(NC(=O)C(C)OC(=O)c2cc(Br)c[nH]2)cc1. The summed E-state index contributed by atoms with van der Waals surface area (Å²) in [5.74, 6) is -0.954. The smallest absolute Gasteiger partial charge is 0.355 e. The molecular formula is C15H15BrN2O3. The number of anilines is 1. The summed E-state index contributed by atoms with van der Waals surface area (Å²) in [7, 11) is 0. The Morgan fingerprint density at radius 3 is 2.52 bits per heavy atom. The lowest BCUT2D eigenvalue weighted by molar-refractivity contribution is -0.123. The van der Waals surface area contributed by atoms with Crippen LogP contribution in [0.2, 0.25) is 0 Å². The van der Waals surface area contributed by atoms with Crippen LogP contribution in [0.25, 0.3) is 0 Å². The maximum atomic E-state index is 12.0. The molecule has 0 radical (unpaired) electrons. The van der Waals surface area contributed by atoms with Crippen LogP contribution in [0.5, 0.6) is 0 Å². The third-order valence-electron chi connectivity index (χ3n) is 2.84. The highest BCUT2D eigenvalue weighted by molar-refractivity contribution is 9.10. The molecule has 2 N–H and O–H groups in total. The Balaban J connectivity index is 1.93. The second-order valence-electron chi connectivity index (χ2n) is 4.63. The summed E-state index contributed by atoms with van der Waals surface area (Å²) >= 11 is 3.23. The molecule has 1 heterocycles. The lowest BCUT2D eigenvalue weighted by Gasteiger charge is -2.13. The first-order chi connectivity index (χ1) is 9.95. The van der Waals surface area contributed by atoms with E-state index < -0.39 is 12.1 Å². The van der Waals surface area contributed by atoms with Gasteiger partial charge in [0.2, 0.25) is 0 Å². The maximum Gasteiger partial charge on any atom is 0.355 e. The highest BCUT2D eigenvalue weighted by Gasteiger charge is 2.19. The van der Waals surface area contributed by atoms with E-state index >= 15 is 0 Å². The average Bonchev–Trinajstić information content (AvgIpc) is 2.88. The van der Waals surface area contributed by atoms with Crippen molar-refractivity contribution in [2.45, 2.75) is 20.0 Å². The molecule has 0 saturated carbocycles. The molecule has 6 heteroatoms. The number of aromatic amines is 1. The first kappa shape index (κ1) is 15.3. The number of nitrogens with one attached hydrogen (secondary N) is 2. The summed E-state index contributed by atoms with van der Waals surface area (Å²) in [5, 5.41) is 2.70. The van der Waals surface area contributed by atoms with E-state index in [4.69, 9.17) is 4.74 Å². The molecular weight excluding hydrogens is 336 g/mol. The van der Waals surface area contributed by atoms with Crippen molar-refractivity contribution in [3.63, 3.8) is 0 Å². The lowest BCUT2D eigenvalue weighted by Crippen LogP contribution is -2.30. The summed E-state index contributed by atoms with van der Waals surface area (Å²) in [4.78, 5) is 26.5. The molecule has 1 aromatic heterocycles. The van der Waals surface area contributed by atoms with Gasteiger partial charge in [0.15, 0.2) is 6.10 Å². The van der Waals surface area contributed by atoms with Crippen molar-refractivity contribution < 1.29 is 14.3 Å². The molecule has 2 rings (SSSR count). The van der Waals surface area contributed by atoms with Gasteiger partial charge in [-0.1, -0.05) is 17.7 Å². The number of aromatic nitrogens is 1. The number of carbonyl (C=O) groups excluding carboxylic acids is 2. The highest BCUT2D eigenvalue weighted by Crippen LogP contribution is 2.13. The van der Waals surface area contributed by atoms with Crippen molar-refractivity contribution in [1.29, 1.82) is 0 Å². The average molecular weight is 351 g/mol. The first-order valence-corrected chi connectivity index (χ1v) is 7.17. The molecule has 1 amide bonds. The number of esters is 1. The van der Waals surface area contributed by atoms with E-state index in [2.05, 4.69) is 26.2 Å². The van der Waals surface area contributed by atoms with Crippen molar-refractivity contribution in [3.8, 4) is 0 Å². The second kappa shape index (κ2) is 6.58.